The van der Waals surface area contributed by atoms with Crippen molar-refractivity contribution in [3.8, 4) is 18.1 Å². The van der Waals surface area contributed by atoms with Crippen LogP contribution in [0.15, 0.2) is 12.1 Å². The number of aryl methyl sites for hydroxylation is 1. The highest BCUT2D eigenvalue weighted by Crippen LogP contribution is 2.43. The number of halogens is 3. The average molecular weight is 344 g/mol. The lowest BCUT2D eigenvalue weighted by atomic mass is 9.91. The number of nitrogens with one attached hydrogen (secondary N) is 1. The Morgan fingerprint density at radius 2 is 2.00 bits per heavy atom. The molecule has 1 atom stereocenters. The van der Waals surface area contributed by atoms with Gasteiger partial charge in [0.05, 0.1) is 7.11 Å². The molecular formula is C17H23F3N2O2. The zero-order valence-electron chi connectivity index (χ0n) is 14.3. The Kier molecular flexibility index (Phi) is 6.52. The Balaban J connectivity index is 3.19. The summed E-state index contributed by atoms with van der Waals surface area (Å²) in [6.45, 7) is 5.95. The normalized spacial score (nSPS) is 14.2. The number of rotatable bonds is 7. The van der Waals surface area contributed by atoms with Crippen LogP contribution in [0.2, 0.25) is 0 Å². The van der Waals surface area contributed by atoms with E-state index in [4.69, 9.17) is 11.2 Å². The molecule has 0 aliphatic heterocycles. The van der Waals surface area contributed by atoms with E-state index in [0.717, 1.165) is 13.1 Å². The highest BCUT2D eigenvalue weighted by Gasteiger charge is 2.55. The van der Waals surface area contributed by atoms with Gasteiger partial charge in [-0.15, -0.1) is 6.42 Å². The second-order valence-corrected chi connectivity index (χ2v) is 5.54. The molecule has 7 heteroatoms. The van der Waals surface area contributed by atoms with Gasteiger partial charge < -0.3 is 20.1 Å². The summed E-state index contributed by atoms with van der Waals surface area (Å²) >= 11 is 0. The van der Waals surface area contributed by atoms with Crippen molar-refractivity contribution in [2.24, 2.45) is 0 Å². The highest BCUT2D eigenvalue weighted by atomic mass is 19.4. The molecule has 0 amide bonds. The van der Waals surface area contributed by atoms with Gasteiger partial charge in [0.25, 0.3) is 5.60 Å². The summed E-state index contributed by atoms with van der Waals surface area (Å²) in [7, 11) is 3.20. The molecule has 0 aliphatic carbocycles. The van der Waals surface area contributed by atoms with E-state index in [1.54, 1.807) is 6.92 Å². The lowest BCUT2D eigenvalue weighted by Gasteiger charge is -2.28. The van der Waals surface area contributed by atoms with Crippen molar-refractivity contribution >= 4 is 5.69 Å². The fourth-order valence-corrected chi connectivity index (χ4v) is 2.18. The fraction of sp³-hybridized carbons (Fsp3) is 0.529. The zero-order chi connectivity index (χ0) is 18.5. The number of benzene rings is 1. The predicted molar refractivity (Wildman–Crippen MR) is 88.2 cm³/mol. The van der Waals surface area contributed by atoms with E-state index >= 15 is 0 Å². The van der Waals surface area contributed by atoms with Crippen molar-refractivity contribution in [2.45, 2.75) is 25.6 Å². The van der Waals surface area contributed by atoms with Gasteiger partial charge >= 0.3 is 6.18 Å². The minimum Gasteiger partial charge on any atom is -0.496 e. The Bertz CT molecular complexity index is 611. The smallest absolute Gasteiger partial charge is 0.433 e. The Morgan fingerprint density at radius 3 is 2.46 bits per heavy atom. The van der Waals surface area contributed by atoms with Gasteiger partial charge in [-0.25, -0.2) is 0 Å². The van der Waals surface area contributed by atoms with Crippen LogP contribution < -0.4 is 10.1 Å². The van der Waals surface area contributed by atoms with Gasteiger partial charge in [0.15, 0.2) is 0 Å². The third kappa shape index (κ3) is 4.13. The van der Waals surface area contributed by atoms with Crippen LogP contribution in [-0.4, -0.2) is 50.0 Å². The van der Waals surface area contributed by atoms with Gasteiger partial charge in [-0.05, 0) is 32.1 Å². The molecule has 0 bridgehead atoms. The number of alkyl halides is 3. The summed E-state index contributed by atoms with van der Waals surface area (Å²) in [5.41, 5.74) is -2.73. The Hall–Kier alpha value is -1.91. The van der Waals surface area contributed by atoms with Crippen molar-refractivity contribution in [3.05, 3.63) is 23.3 Å². The van der Waals surface area contributed by atoms with E-state index in [1.165, 1.54) is 25.2 Å². The summed E-state index contributed by atoms with van der Waals surface area (Å²) in [5, 5.41) is 13.1. The molecule has 1 aromatic carbocycles. The molecule has 1 aromatic rings. The SMILES string of the molecule is C#CC(O)(c1cc(C)c(NCCN(C)CC)cc1OC)C(F)(F)F. The molecule has 0 saturated carbocycles. The molecule has 2 N–H and O–H groups in total. The molecule has 134 valence electrons. The van der Waals surface area contributed by atoms with Gasteiger partial charge in [0.2, 0.25) is 0 Å². The minimum atomic E-state index is -5.01. The van der Waals surface area contributed by atoms with Crippen LogP contribution in [-0.2, 0) is 5.60 Å². The summed E-state index contributed by atoms with van der Waals surface area (Å²) in [5.74, 6) is 1.32. The molecule has 0 aromatic heterocycles. The van der Waals surface area contributed by atoms with Crippen LogP contribution >= 0.6 is 0 Å². The van der Waals surface area contributed by atoms with Crippen molar-refractivity contribution in [1.29, 1.82) is 0 Å². The Labute approximate surface area is 140 Å². The largest absolute Gasteiger partial charge is 0.496 e. The molecular weight excluding hydrogens is 321 g/mol. The van der Waals surface area contributed by atoms with E-state index in [1.807, 2.05) is 14.0 Å². The number of likely N-dealkylation sites (N-methyl/N-ethyl adjacent to an activating group) is 1. The van der Waals surface area contributed by atoms with Gasteiger partial charge in [0, 0.05) is 30.4 Å². The van der Waals surface area contributed by atoms with Crippen LogP contribution in [0.5, 0.6) is 5.75 Å². The maximum Gasteiger partial charge on any atom is 0.433 e. The molecule has 0 spiro atoms. The molecule has 4 nitrogen and oxygen atoms in total. The third-order valence-electron chi connectivity index (χ3n) is 3.90. The number of hydrogen-bond donors (Lipinski definition) is 2. The first kappa shape index (κ1) is 20.1. The zero-order valence-corrected chi connectivity index (χ0v) is 14.3. The van der Waals surface area contributed by atoms with E-state index < -0.39 is 17.3 Å². The molecule has 1 rings (SSSR count). The first-order valence-electron chi connectivity index (χ1n) is 7.49. The van der Waals surface area contributed by atoms with Crippen LogP contribution in [0.1, 0.15) is 18.1 Å². The van der Waals surface area contributed by atoms with Crippen molar-refractivity contribution in [2.75, 3.05) is 39.1 Å². The summed E-state index contributed by atoms with van der Waals surface area (Å²) in [6, 6.07) is 2.63. The van der Waals surface area contributed by atoms with Crippen molar-refractivity contribution in [3.63, 3.8) is 0 Å². The summed E-state index contributed by atoms with van der Waals surface area (Å²) < 4.78 is 44.6. The minimum absolute atomic E-state index is 0.121. The number of ether oxygens (including phenoxy) is 1. The number of methoxy groups -OCH3 is 1. The van der Waals surface area contributed by atoms with Gasteiger partial charge in [0.1, 0.15) is 5.75 Å². The fourth-order valence-electron chi connectivity index (χ4n) is 2.18. The van der Waals surface area contributed by atoms with Crippen molar-refractivity contribution in [1.82, 2.24) is 4.90 Å². The number of terminal acetylenes is 1. The van der Waals surface area contributed by atoms with Gasteiger partial charge in [-0.1, -0.05) is 12.8 Å². The van der Waals surface area contributed by atoms with Gasteiger partial charge in [-0.3, -0.25) is 0 Å². The lowest BCUT2D eigenvalue weighted by Crippen LogP contribution is -2.41. The maximum absolute atomic E-state index is 13.2. The lowest BCUT2D eigenvalue weighted by molar-refractivity contribution is -0.241. The molecule has 1 unspecified atom stereocenters. The summed E-state index contributed by atoms with van der Waals surface area (Å²) in [4.78, 5) is 2.09. The van der Waals surface area contributed by atoms with E-state index in [0.29, 0.717) is 17.8 Å². The highest BCUT2D eigenvalue weighted by molar-refractivity contribution is 5.60. The van der Waals surface area contributed by atoms with E-state index in [9.17, 15) is 18.3 Å². The quantitative estimate of drug-likeness (QED) is 0.747. The van der Waals surface area contributed by atoms with Gasteiger partial charge in [-0.2, -0.15) is 13.2 Å². The van der Waals surface area contributed by atoms with Crippen LogP contribution in [0, 0.1) is 19.3 Å². The van der Waals surface area contributed by atoms with Crippen LogP contribution in [0.25, 0.3) is 0 Å². The van der Waals surface area contributed by atoms with Crippen molar-refractivity contribution < 1.29 is 23.0 Å². The third-order valence-corrected chi connectivity index (χ3v) is 3.90. The first-order valence-corrected chi connectivity index (χ1v) is 7.49. The number of hydrogen-bond acceptors (Lipinski definition) is 4. The second-order valence-electron chi connectivity index (χ2n) is 5.54. The second kappa shape index (κ2) is 7.77. The van der Waals surface area contributed by atoms with Crippen LogP contribution in [0.3, 0.4) is 0 Å². The number of anilines is 1. The number of nitrogens with zero attached hydrogens (tertiary/aromatic N) is 1. The summed E-state index contributed by atoms with van der Waals surface area (Å²) in [6.07, 6.45) is -0.0446. The molecule has 0 radical (unpaired) electrons. The molecule has 0 fully saturated rings. The van der Waals surface area contributed by atoms with Crippen LogP contribution in [0.4, 0.5) is 18.9 Å². The Morgan fingerprint density at radius 1 is 1.38 bits per heavy atom. The monoisotopic (exact) mass is 344 g/mol. The maximum atomic E-state index is 13.2. The van der Waals surface area contributed by atoms with E-state index in [2.05, 4.69) is 10.2 Å². The standard InChI is InChI=1S/C17H23F3N2O2/c1-6-16(23,17(18,19)20)13-10-12(3)14(11-15(13)24-5)21-8-9-22(4)7-2/h1,10-11,21,23H,7-9H2,2-5H3. The number of aliphatic hydroxyl groups is 1. The molecule has 0 heterocycles. The average Bonchev–Trinajstić information content (AvgIpc) is 2.53. The molecule has 24 heavy (non-hydrogen) atoms. The first-order chi connectivity index (χ1) is 11.1. The topological polar surface area (TPSA) is 44.7 Å². The molecule has 0 aliphatic rings. The predicted octanol–water partition coefficient (Wildman–Crippen LogP) is 2.75. The molecule has 0 saturated heterocycles. The van der Waals surface area contributed by atoms with E-state index in [-0.39, 0.29) is 5.75 Å².